The number of rotatable bonds is 12. The van der Waals surface area contributed by atoms with E-state index in [2.05, 4.69) is 5.32 Å². The highest BCUT2D eigenvalue weighted by atomic mass is 35.5. The Labute approximate surface area is 247 Å². The fourth-order valence-electron chi connectivity index (χ4n) is 5.09. The average molecular weight is 598 g/mol. The van der Waals surface area contributed by atoms with Crippen LogP contribution in [0.15, 0.2) is 83.8 Å². The number of carbonyl (C=O) groups is 2. The molecule has 1 atom stereocenters. The molecule has 1 aliphatic carbocycles. The van der Waals surface area contributed by atoms with Crippen molar-refractivity contribution in [2.24, 2.45) is 0 Å². The monoisotopic (exact) mass is 597 g/mol. The van der Waals surface area contributed by atoms with Crippen LogP contribution < -0.4 is 14.4 Å². The van der Waals surface area contributed by atoms with E-state index in [9.17, 15) is 18.0 Å². The molecule has 0 saturated heterocycles. The highest BCUT2D eigenvalue weighted by Gasteiger charge is 2.34. The van der Waals surface area contributed by atoms with E-state index in [0.717, 1.165) is 35.6 Å². The van der Waals surface area contributed by atoms with Gasteiger partial charge in [0.15, 0.2) is 0 Å². The maximum absolute atomic E-state index is 14.1. The van der Waals surface area contributed by atoms with Gasteiger partial charge in [-0.15, -0.1) is 0 Å². The van der Waals surface area contributed by atoms with E-state index in [-0.39, 0.29) is 29.1 Å². The maximum atomic E-state index is 14.1. The van der Waals surface area contributed by atoms with Gasteiger partial charge in [-0.25, -0.2) is 8.42 Å². The molecule has 0 spiro atoms. The first kappa shape index (κ1) is 30.4. The van der Waals surface area contributed by atoms with Crippen molar-refractivity contribution in [2.45, 2.75) is 62.6 Å². The van der Waals surface area contributed by atoms with Crippen molar-refractivity contribution in [1.82, 2.24) is 10.2 Å². The number of ether oxygens (including phenoxy) is 1. The molecule has 8 nitrogen and oxygen atoms in total. The van der Waals surface area contributed by atoms with Crippen LogP contribution in [0.4, 0.5) is 5.69 Å². The van der Waals surface area contributed by atoms with Crippen molar-refractivity contribution in [3.8, 4) is 5.75 Å². The molecule has 0 aliphatic heterocycles. The molecule has 0 unspecified atom stereocenters. The van der Waals surface area contributed by atoms with Crippen LogP contribution >= 0.6 is 11.6 Å². The second kappa shape index (κ2) is 13.9. The zero-order chi connectivity index (χ0) is 29.4. The lowest BCUT2D eigenvalue weighted by molar-refractivity contribution is -0.140. The molecule has 3 aromatic carbocycles. The van der Waals surface area contributed by atoms with Crippen LogP contribution in [0.5, 0.6) is 5.75 Å². The van der Waals surface area contributed by atoms with E-state index in [1.807, 2.05) is 19.1 Å². The number of hydrogen-bond donors (Lipinski definition) is 1. The number of sulfonamides is 1. The summed E-state index contributed by atoms with van der Waals surface area (Å²) in [5, 5.41) is 3.45. The normalized spacial score (nSPS) is 14.3. The van der Waals surface area contributed by atoms with E-state index in [1.165, 1.54) is 23.1 Å². The Morgan fingerprint density at radius 3 is 2.29 bits per heavy atom. The minimum absolute atomic E-state index is 0.0421. The van der Waals surface area contributed by atoms with E-state index in [0.29, 0.717) is 17.2 Å². The van der Waals surface area contributed by atoms with Crippen molar-refractivity contribution in [2.75, 3.05) is 18.0 Å². The van der Waals surface area contributed by atoms with Crippen LogP contribution in [0.2, 0.25) is 5.02 Å². The molecule has 2 amide bonds. The number of nitrogens with one attached hydrogen (secondary N) is 1. The molecule has 218 valence electrons. The first-order chi connectivity index (χ1) is 19.7. The molecule has 3 aromatic rings. The van der Waals surface area contributed by atoms with Gasteiger partial charge < -0.3 is 15.0 Å². The predicted octanol–water partition coefficient (Wildman–Crippen LogP) is 5.41. The lowest BCUT2D eigenvalue weighted by atomic mass is 10.1. The van der Waals surface area contributed by atoms with E-state index in [1.54, 1.807) is 55.6 Å². The third-order valence-electron chi connectivity index (χ3n) is 7.31. The largest absolute Gasteiger partial charge is 0.497 e. The fraction of sp³-hybridized carbons (Fsp3) is 0.355. The smallest absolute Gasteiger partial charge is 0.264 e. The van der Waals surface area contributed by atoms with E-state index in [4.69, 9.17) is 16.3 Å². The van der Waals surface area contributed by atoms with Crippen molar-refractivity contribution in [3.05, 3.63) is 89.4 Å². The minimum atomic E-state index is -4.14. The van der Waals surface area contributed by atoms with Gasteiger partial charge in [-0.2, -0.15) is 0 Å². The number of benzene rings is 3. The summed E-state index contributed by atoms with van der Waals surface area (Å²) in [6.45, 7) is 1.46. The summed E-state index contributed by atoms with van der Waals surface area (Å²) in [6, 6.07) is 20.8. The van der Waals surface area contributed by atoms with Gasteiger partial charge in [-0.05, 0) is 67.3 Å². The molecule has 10 heteroatoms. The Morgan fingerprint density at radius 2 is 1.68 bits per heavy atom. The van der Waals surface area contributed by atoms with Gasteiger partial charge in [0.05, 0.1) is 17.7 Å². The first-order valence-corrected chi connectivity index (χ1v) is 15.6. The first-order valence-electron chi connectivity index (χ1n) is 13.8. The molecule has 0 heterocycles. The molecule has 0 bridgehead atoms. The Bertz CT molecular complexity index is 1430. The van der Waals surface area contributed by atoms with Gasteiger partial charge in [0.1, 0.15) is 18.3 Å². The van der Waals surface area contributed by atoms with Crippen molar-refractivity contribution < 1.29 is 22.7 Å². The SMILES string of the molecule is CC[C@@H](C(=O)NC1CCCC1)N(Cc1ccc(OC)cc1)C(=O)CN(c1cccc(Cl)c1)S(=O)(=O)c1ccccc1. The highest BCUT2D eigenvalue weighted by molar-refractivity contribution is 7.92. The fourth-order valence-corrected chi connectivity index (χ4v) is 6.71. The van der Waals surface area contributed by atoms with E-state index < -0.39 is 28.5 Å². The minimum Gasteiger partial charge on any atom is -0.497 e. The molecule has 1 N–H and O–H groups in total. The number of hydrogen-bond acceptors (Lipinski definition) is 5. The predicted molar refractivity (Wildman–Crippen MR) is 160 cm³/mol. The number of anilines is 1. The van der Waals surface area contributed by atoms with Gasteiger partial charge in [0, 0.05) is 17.6 Å². The summed E-state index contributed by atoms with van der Waals surface area (Å²) in [5.74, 6) is -0.0751. The second-order valence-corrected chi connectivity index (χ2v) is 12.4. The van der Waals surface area contributed by atoms with Crippen molar-refractivity contribution in [3.63, 3.8) is 0 Å². The molecular weight excluding hydrogens is 562 g/mol. The standard InChI is InChI=1S/C31H36ClN3O5S/c1-3-29(31(37)33-25-11-7-8-12-25)34(21-23-16-18-27(40-2)19-17-23)30(36)22-35(26-13-9-10-24(32)20-26)41(38,39)28-14-5-4-6-15-28/h4-6,9-10,13-20,25,29H,3,7-8,11-12,21-22H2,1-2H3,(H,33,37)/t29-/m0/s1. The van der Waals surface area contributed by atoms with Gasteiger partial charge in [0.2, 0.25) is 11.8 Å². The van der Waals surface area contributed by atoms with Crippen LogP contribution in [0, 0.1) is 0 Å². The maximum Gasteiger partial charge on any atom is 0.264 e. The molecule has 1 fully saturated rings. The Hall–Kier alpha value is -3.56. The third kappa shape index (κ3) is 7.59. The molecule has 1 saturated carbocycles. The zero-order valence-corrected chi connectivity index (χ0v) is 24.9. The van der Waals surface area contributed by atoms with Gasteiger partial charge >= 0.3 is 0 Å². The third-order valence-corrected chi connectivity index (χ3v) is 9.33. The van der Waals surface area contributed by atoms with Crippen molar-refractivity contribution >= 4 is 39.1 Å². The highest BCUT2D eigenvalue weighted by Crippen LogP contribution is 2.27. The molecule has 1 aliphatic rings. The Balaban J connectivity index is 1.70. The van der Waals surface area contributed by atoms with Gasteiger partial charge in [0.25, 0.3) is 10.0 Å². The summed E-state index contributed by atoms with van der Waals surface area (Å²) in [5.41, 5.74) is 1.04. The molecule has 41 heavy (non-hydrogen) atoms. The molecule has 4 rings (SSSR count). The summed E-state index contributed by atoms with van der Waals surface area (Å²) < 4.78 is 34.0. The summed E-state index contributed by atoms with van der Waals surface area (Å²) >= 11 is 6.23. The quantitative estimate of drug-likeness (QED) is 0.301. The van der Waals surface area contributed by atoms with Gasteiger partial charge in [-0.3, -0.25) is 13.9 Å². The van der Waals surface area contributed by atoms with Crippen LogP contribution in [0.3, 0.4) is 0 Å². The lowest BCUT2D eigenvalue weighted by Gasteiger charge is -2.33. The number of methoxy groups -OCH3 is 1. The Kier molecular flexibility index (Phi) is 10.3. The summed E-state index contributed by atoms with van der Waals surface area (Å²) in [4.78, 5) is 29.2. The molecule has 0 aromatic heterocycles. The zero-order valence-electron chi connectivity index (χ0n) is 23.3. The number of halogens is 1. The van der Waals surface area contributed by atoms with Crippen LogP contribution in [0.25, 0.3) is 0 Å². The molecule has 0 radical (unpaired) electrons. The number of amides is 2. The van der Waals surface area contributed by atoms with Crippen LogP contribution in [-0.4, -0.2) is 50.9 Å². The van der Waals surface area contributed by atoms with Crippen molar-refractivity contribution in [1.29, 1.82) is 0 Å². The number of nitrogens with zero attached hydrogens (tertiary/aromatic N) is 2. The average Bonchev–Trinajstić information content (AvgIpc) is 3.49. The van der Waals surface area contributed by atoms with Gasteiger partial charge in [-0.1, -0.05) is 67.8 Å². The topological polar surface area (TPSA) is 96.0 Å². The molecular formula is C31H36ClN3O5S. The number of carbonyl (C=O) groups excluding carboxylic acids is 2. The summed E-state index contributed by atoms with van der Waals surface area (Å²) in [6.07, 6.45) is 4.30. The lowest BCUT2D eigenvalue weighted by Crippen LogP contribution is -2.53. The van der Waals surface area contributed by atoms with Crippen LogP contribution in [-0.2, 0) is 26.2 Å². The van der Waals surface area contributed by atoms with Crippen LogP contribution in [0.1, 0.15) is 44.6 Å². The second-order valence-electron chi connectivity index (χ2n) is 10.1. The Morgan fingerprint density at radius 1 is 1.00 bits per heavy atom. The van der Waals surface area contributed by atoms with E-state index >= 15 is 0 Å². The summed E-state index contributed by atoms with van der Waals surface area (Å²) in [7, 11) is -2.57.